The molecule has 0 radical (unpaired) electrons. The maximum atomic E-state index is 11.5. The van der Waals surface area contributed by atoms with E-state index in [0.29, 0.717) is 6.54 Å². The number of halogens is 2. The summed E-state index contributed by atoms with van der Waals surface area (Å²) in [6, 6.07) is 23.6. The van der Waals surface area contributed by atoms with Crippen molar-refractivity contribution < 1.29 is 39.3 Å². The van der Waals surface area contributed by atoms with Gasteiger partial charge in [-0.25, -0.2) is 9.97 Å². The Kier molecular flexibility index (Phi) is 15.4. The summed E-state index contributed by atoms with van der Waals surface area (Å²) in [6.07, 6.45) is 8.80. The Morgan fingerprint density at radius 1 is 0.706 bits per heavy atom. The number of amides is 2. The number of unbranched alkanes of at least 4 members (excludes halogenated alkanes) is 2. The zero-order valence-corrected chi connectivity index (χ0v) is 21.7. The van der Waals surface area contributed by atoms with E-state index < -0.39 is 0 Å². The van der Waals surface area contributed by atoms with E-state index in [1.54, 1.807) is 12.4 Å². The van der Waals surface area contributed by atoms with Gasteiger partial charge in [-0.1, -0.05) is 48.5 Å². The van der Waals surface area contributed by atoms with Crippen molar-refractivity contribution in [2.75, 3.05) is 18.0 Å². The summed E-state index contributed by atoms with van der Waals surface area (Å²) in [5.41, 5.74) is 0. The van der Waals surface area contributed by atoms with Crippen LogP contribution in [0.15, 0.2) is 97.3 Å². The van der Waals surface area contributed by atoms with Gasteiger partial charge in [0.15, 0.2) is 0 Å². The number of pyridine rings is 2. The third kappa shape index (κ3) is 10.1. The third-order valence-corrected chi connectivity index (χ3v) is 4.68. The van der Waals surface area contributed by atoms with Gasteiger partial charge in [0, 0.05) is 37.6 Å². The molecule has 1 aliphatic heterocycles. The van der Waals surface area contributed by atoms with E-state index in [1.165, 1.54) is 17.1 Å². The molecule has 2 aromatic heterocycles. The van der Waals surface area contributed by atoms with Crippen LogP contribution in [0.4, 0.5) is 11.6 Å². The molecule has 1 aromatic carbocycles. The molecule has 4 rings (SSSR count). The van der Waals surface area contributed by atoms with Crippen LogP contribution in [0.3, 0.4) is 0 Å². The van der Waals surface area contributed by atoms with Crippen molar-refractivity contribution in [3.63, 3.8) is 0 Å². The summed E-state index contributed by atoms with van der Waals surface area (Å²) in [4.78, 5) is 35.2. The van der Waals surface area contributed by atoms with Crippen LogP contribution < -0.4 is 17.3 Å². The first-order chi connectivity index (χ1) is 16.3. The van der Waals surface area contributed by atoms with E-state index in [4.69, 9.17) is 0 Å². The summed E-state index contributed by atoms with van der Waals surface area (Å²) in [5, 5.41) is 0. The fraction of sp³-hybridized carbons (Fsp3) is 0.200. The molecule has 0 spiro atoms. The topological polar surface area (TPSA) is 66.4 Å². The van der Waals surface area contributed by atoms with Crippen molar-refractivity contribution in [1.29, 1.82) is 0 Å². The summed E-state index contributed by atoms with van der Waals surface area (Å²) in [7, 11) is 4.57. The van der Waals surface area contributed by atoms with Gasteiger partial charge in [-0.15, -0.1) is 0 Å². The number of anilines is 2. The van der Waals surface area contributed by atoms with Gasteiger partial charge in [0.1, 0.15) is 11.6 Å². The fourth-order valence-electron chi connectivity index (χ4n) is 3.13. The smallest absolute Gasteiger partial charge is 0.0623 e. The molecule has 0 atom stereocenters. The van der Waals surface area contributed by atoms with Crippen LogP contribution in [-0.2, 0) is 26.9 Å². The molecule has 0 unspecified atom stereocenters. The first-order valence-corrected chi connectivity index (χ1v) is 12.8. The van der Waals surface area contributed by atoms with E-state index in [9.17, 15) is 9.59 Å². The Balaban J connectivity index is 0.000000552. The minimum Gasteiger partial charge on any atom is -0.0623 e. The Bertz CT molecular complexity index is 896. The van der Waals surface area contributed by atoms with E-state index in [2.05, 4.69) is 24.6 Å². The standard InChI is InChI=1S/C19H20N4O2.C6H6.2ClH.Ru/c24-18-10-11-19(25)23(18)15-7-1-6-14-22(16-8-2-4-12-20-16)17-9-3-5-13-21-17;1-2-4-6-5-3-1;;;/h2-5,8-13H,1,6-7,14-15H2;1-6H;2*1H;/q;;;;+2/p-2. The SMILES string of the molecule is O=C1C=CC(=O)N1CCCCCN(c1ccccn1)c1ccccn1.[Cl-].[Cl][Ru+].c1ccccc1. The number of hydrogen-bond donors (Lipinski definition) is 0. The molecule has 0 saturated carbocycles. The maximum absolute atomic E-state index is 11.5. The molecule has 3 aromatic rings. The molecule has 180 valence electrons. The monoisotopic (exact) mass is 586 g/mol. The van der Waals surface area contributed by atoms with Crippen molar-refractivity contribution in [2.24, 2.45) is 0 Å². The predicted molar refractivity (Wildman–Crippen MR) is 127 cm³/mol. The molecule has 0 aliphatic carbocycles. The molecule has 9 heteroatoms. The maximum Gasteiger partial charge on any atom is -0.0623 e. The average Bonchev–Trinajstić information content (AvgIpc) is 3.22. The number of aromatic nitrogens is 2. The summed E-state index contributed by atoms with van der Waals surface area (Å²) in [5.74, 6) is 1.28. The van der Waals surface area contributed by atoms with Gasteiger partial charge in [0.2, 0.25) is 0 Å². The van der Waals surface area contributed by atoms with Crippen molar-refractivity contribution in [2.45, 2.75) is 19.3 Å². The van der Waals surface area contributed by atoms with Crippen molar-refractivity contribution in [3.05, 3.63) is 97.3 Å². The molecule has 0 N–H and O–H groups in total. The van der Waals surface area contributed by atoms with Crippen LogP contribution in [0.25, 0.3) is 0 Å². The van der Waals surface area contributed by atoms with E-state index >= 15 is 0 Å². The van der Waals surface area contributed by atoms with Gasteiger partial charge in [-0.05, 0) is 43.5 Å². The molecule has 3 heterocycles. The van der Waals surface area contributed by atoms with Crippen LogP contribution in [0.5, 0.6) is 0 Å². The second-order valence-corrected chi connectivity index (χ2v) is 6.90. The van der Waals surface area contributed by atoms with E-state index in [-0.39, 0.29) is 24.2 Å². The Morgan fingerprint density at radius 3 is 1.59 bits per heavy atom. The Hall–Kier alpha value is -2.60. The summed E-state index contributed by atoms with van der Waals surface area (Å²) < 4.78 is 0. The number of carbonyl (C=O) groups excluding carboxylic acids is 2. The summed E-state index contributed by atoms with van der Waals surface area (Å²) in [6.45, 7) is 1.24. The largest absolute Gasteiger partial charge is 0.0623 e. The molecule has 0 saturated heterocycles. The normalized spacial score (nSPS) is 11.5. The van der Waals surface area contributed by atoms with Gasteiger partial charge in [-0.2, -0.15) is 0 Å². The molecule has 1 aliphatic rings. The van der Waals surface area contributed by atoms with Crippen LogP contribution in [0.1, 0.15) is 19.3 Å². The minimum atomic E-state index is -0.214. The number of carbonyl (C=O) groups is 2. The van der Waals surface area contributed by atoms with Crippen LogP contribution in [0.2, 0.25) is 0 Å². The molecular formula is C25H26Cl2N4O2Ru. The van der Waals surface area contributed by atoms with E-state index in [0.717, 1.165) is 37.4 Å². The molecular weight excluding hydrogens is 560 g/mol. The van der Waals surface area contributed by atoms with Gasteiger partial charge < -0.3 is 17.3 Å². The van der Waals surface area contributed by atoms with Crippen molar-refractivity contribution in [1.82, 2.24) is 14.9 Å². The first-order valence-electron chi connectivity index (χ1n) is 10.5. The van der Waals surface area contributed by atoms with Crippen LogP contribution >= 0.6 is 9.69 Å². The predicted octanol–water partition coefficient (Wildman–Crippen LogP) is 2.09. The van der Waals surface area contributed by atoms with Gasteiger partial charge >= 0.3 is 27.0 Å². The second kappa shape index (κ2) is 17.8. The Labute approximate surface area is 221 Å². The van der Waals surface area contributed by atoms with Crippen LogP contribution in [-0.4, -0.2) is 39.8 Å². The number of rotatable bonds is 8. The zero-order chi connectivity index (χ0) is 23.7. The van der Waals surface area contributed by atoms with Crippen LogP contribution in [0, 0.1) is 0 Å². The second-order valence-electron chi connectivity index (χ2n) is 6.90. The molecule has 6 nitrogen and oxygen atoms in total. The molecule has 2 amide bonds. The van der Waals surface area contributed by atoms with Crippen molar-refractivity contribution in [3.8, 4) is 0 Å². The third-order valence-electron chi connectivity index (χ3n) is 4.68. The number of hydrogen-bond acceptors (Lipinski definition) is 5. The van der Waals surface area contributed by atoms with Gasteiger partial charge in [-0.3, -0.25) is 14.5 Å². The quantitative estimate of drug-likeness (QED) is 0.230. The first kappa shape index (κ1) is 29.4. The van der Waals surface area contributed by atoms with Crippen molar-refractivity contribution >= 4 is 33.1 Å². The Morgan fingerprint density at radius 2 is 1.18 bits per heavy atom. The summed E-state index contributed by atoms with van der Waals surface area (Å²) >= 11 is 1.82. The zero-order valence-electron chi connectivity index (χ0n) is 18.5. The molecule has 0 bridgehead atoms. The minimum absolute atomic E-state index is 0. The average molecular weight is 586 g/mol. The number of benzene rings is 1. The fourth-order valence-corrected chi connectivity index (χ4v) is 3.13. The number of nitrogens with zero attached hydrogens (tertiary/aromatic N) is 4. The molecule has 0 fully saturated rings. The van der Waals surface area contributed by atoms with E-state index in [1.807, 2.05) is 90.1 Å². The number of imide groups is 1. The van der Waals surface area contributed by atoms with Gasteiger partial charge in [0.05, 0.1) is 0 Å². The molecule has 34 heavy (non-hydrogen) atoms. The van der Waals surface area contributed by atoms with Gasteiger partial charge in [0.25, 0.3) is 11.8 Å².